The van der Waals surface area contributed by atoms with E-state index in [1.54, 1.807) is 0 Å². The number of hydrogen-bond donors (Lipinski definition) is 3. The lowest BCUT2D eigenvalue weighted by Gasteiger charge is -2.36. The van der Waals surface area contributed by atoms with E-state index in [0.717, 1.165) is 31.3 Å². The molecule has 0 bridgehead atoms. The molecule has 154 valence electrons. The third-order valence-electron chi connectivity index (χ3n) is 4.02. The van der Waals surface area contributed by atoms with Crippen LogP contribution in [0.2, 0.25) is 0 Å². The highest BCUT2D eigenvalue weighted by Gasteiger charge is 2.57. The Morgan fingerprint density at radius 2 is 2.03 bits per heavy atom. The number of carbonyl (C=O) groups excluding carboxylic acids is 1. The second-order valence-electron chi connectivity index (χ2n) is 6.10. The van der Waals surface area contributed by atoms with E-state index < -0.39 is 53.4 Å². The molecule has 0 spiro atoms. The van der Waals surface area contributed by atoms with Crippen LogP contribution in [0.1, 0.15) is 12.6 Å². The number of rotatable bonds is 3. The molecular formula is C16H14F4N6O3. The highest BCUT2D eigenvalue weighted by Crippen LogP contribution is 2.43. The van der Waals surface area contributed by atoms with Crippen LogP contribution < -0.4 is 21.5 Å². The lowest BCUT2D eigenvalue weighted by molar-refractivity contribution is -0.118. The van der Waals surface area contributed by atoms with Gasteiger partial charge in [-0.1, -0.05) is 0 Å². The summed E-state index contributed by atoms with van der Waals surface area (Å²) in [5.74, 6) is -6.22. The predicted molar refractivity (Wildman–Crippen MR) is 92.3 cm³/mol. The van der Waals surface area contributed by atoms with Crippen LogP contribution in [0, 0.1) is 11.6 Å². The van der Waals surface area contributed by atoms with Gasteiger partial charge in [-0.05, 0) is 19.1 Å². The lowest BCUT2D eigenvalue weighted by Crippen LogP contribution is -2.51. The lowest BCUT2D eigenvalue weighted by atomic mass is 9.89. The van der Waals surface area contributed by atoms with Crippen LogP contribution in [-0.4, -0.2) is 34.6 Å². The molecule has 3 rings (SSSR count). The molecule has 1 atom stereocenters. The van der Waals surface area contributed by atoms with Crippen LogP contribution in [0.25, 0.3) is 0 Å². The Bertz CT molecular complexity index is 1000. The van der Waals surface area contributed by atoms with Crippen molar-refractivity contribution in [2.45, 2.75) is 18.4 Å². The Hall–Kier alpha value is -3.64. The molecule has 29 heavy (non-hydrogen) atoms. The predicted octanol–water partition coefficient (Wildman–Crippen LogP) is 2.14. The van der Waals surface area contributed by atoms with Crippen LogP contribution in [0.4, 0.5) is 33.9 Å². The number of nitrogen functional groups attached to an aromatic ring is 1. The summed E-state index contributed by atoms with van der Waals surface area (Å²) < 4.78 is 65.4. The van der Waals surface area contributed by atoms with Crippen molar-refractivity contribution < 1.29 is 31.8 Å². The first-order valence-corrected chi connectivity index (χ1v) is 7.94. The number of halogens is 4. The van der Waals surface area contributed by atoms with Gasteiger partial charge in [0, 0.05) is 6.07 Å². The zero-order chi connectivity index (χ0) is 21.4. The number of nitrogens with zero attached hydrogens (tertiary/aromatic N) is 3. The molecule has 0 aromatic carbocycles. The van der Waals surface area contributed by atoms with E-state index in [1.807, 2.05) is 0 Å². The van der Waals surface area contributed by atoms with Crippen molar-refractivity contribution in [3.05, 3.63) is 41.7 Å². The number of aliphatic imine (C=N–C) groups is 1. The molecule has 0 saturated carbocycles. The zero-order valence-corrected chi connectivity index (χ0v) is 14.7. The Morgan fingerprint density at radius 3 is 2.72 bits per heavy atom. The van der Waals surface area contributed by atoms with Gasteiger partial charge < -0.3 is 20.9 Å². The minimum atomic E-state index is -3.64. The van der Waals surface area contributed by atoms with E-state index in [0.29, 0.717) is 0 Å². The highest BCUT2D eigenvalue weighted by atomic mass is 19.3. The maximum absolute atomic E-state index is 14.4. The molecule has 1 aliphatic rings. The smallest absolute Gasteiger partial charge is 0.419 e. The fraction of sp³-hybridized carbons (Fsp3) is 0.250. The number of nitrogens with two attached hydrogens (primary N) is 2. The number of carbonyl (C=O) groups is 1. The topological polar surface area (TPSA) is 138 Å². The number of alkyl halides is 2. The summed E-state index contributed by atoms with van der Waals surface area (Å²) in [6.07, 6.45) is -0.406. The third kappa shape index (κ3) is 3.83. The maximum atomic E-state index is 14.4. The number of aromatic nitrogens is 2. The van der Waals surface area contributed by atoms with E-state index in [4.69, 9.17) is 16.2 Å². The number of nitrogens with one attached hydrogen (secondary N) is 1. The van der Waals surface area contributed by atoms with E-state index >= 15 is 0 Å². The quantitative estimate of drug-likeness (QED) is 0.654. The molecule has 0 saturated heterocycles. The first-order valence-electron chi connectivity index (χ1n) is 7.94. The molecule has 2 aromatic heterocycles. The SMILES string of the molecule is C[C@]1(c2nc(NC(=O)Oc3ncc(F)cc3N)ccc2F)N=C(N)OCC1(F)F. The molecule has 13 heteroatoms. The van der Waals surface area contributed by atoms with Gasteiger partial charge in [-0.15, -0.1) is 0 Å². The van der Waals surface area contributed by atoms with Crippen molar-refractivity contribution in [3.63, 3.8) is 0 Å². The molecule has 0 unspecified atom stereocenters. The van der Waals surface area contributed by atoms with Gasteiger partial charge in [0.25, 0.3) is 6.02 Å². The number of pyridine rings is 2. The number of amidine groups is 1. The van der Waals surface area contributed by atoms with Crippen LogP contribution in [0.15, 0.2) is 29.4 Å². The monoisotopic (exact) mass is 414 g/mol. The van der Waals surface area contributed by atoms with Crippen LogP contribution in [0.3, 0.4) is 0 Å². The molecule has 2 aromatic rings. The van der Waals surface area contributed by atoms with Crippen molar-refractivity contribution in [3.8, 4) is 5.88 Å². The van der Waals surface area contributed by atoms with Gasteiger partial charge in [-0.25, -0.2) is 28.5 Å². The maximum Gasteiger partial charge on any atom is 0.419 e. The van der Waals surface area contributed by atoms with E-state index in [2.05, 4.69) is 25.0 Å². The van der Waals surface area contributed by atoms with Gasteiger partial charge in [0.15, 0.2) is 12.1 Å². The largest absolute Gasteiger partial charge is 0.459 e. The fourth-order valence-corrected chi connectivity index (χ4v) is 2.46. The molecule has 5 N–H and O–H groups in total. The first kappa shape index (κ1) is 20.1. The van der Waals surface area contributed by atoms with E-state index in [9.17, 15) is 22.4 Å². The Balaban J connectivity index is 1.87. The number of ether oxygens (including phenoxy) is 2. The van der Waals surface area contributed by atoms with Gasteiger partial charge >= 0.3 is 12.0 Å². The molecule has 0 fully saturated rings. The molecular weight excluding hydrogens is 400 g/mol. The van der Waals surface area contributed by atoms with Crippen molar-refractivity contribution in [1.29, 1.82) is 0 Å². The van der Waals surface area contributed by atoms with Gasteiger partial charge in [-0.2, -0.15) is 8.78 Å². The summed E-state index contributed by atoms with van der Waals surface area (Å²) in [7, 11) is 0. The second-order valence-corrected chi connectivity index (χ2v) is 6.10. The minimum absolute atomic E-state index is 0.257. The van der Waals surface area contributed by atoms with Crippen LogP contribution in [-0.2, 0) is 10.3 Å². The van der Waals surface area contributed by atoms with E-state index in [-0.39, 0.29) is 11.5 Å². The van der Waals surface area contributed by atoms with Crippen molar-refractivity contribution in [1.82, 2.24) is 9.97 Å². The average molecular weight is 414 g/mol. The summed E-state index contributed by atoms with van der Waals surface area (Å²) in [5, 5.41) is 2.11. The van der Waals surface area contributed by atoms with Crippen molar-refractivity contribution in [2.24, 2.45) is 10.7 Å². The first-order chi connectivity index (χ1) is 13.5. The summed E-state index contributed by atoms with van der Waals surface area (Å²) in [4.78, 5) is 22.7. The highest BCUT2D eigenvalue weighted by molar-refractivity contribution is 5.85. The summed E-state index contributed by atoms with van der Waals surface area (Å²) in [6, 6.07) is 2.14. The number of amides is 1. The van der Waals surface area contributed by atoms with Crippen molar-refractivity contribution >= 4 is 23.6 Å². The standard InChI is InChI=1S/C16H14F4N6O3/c1-15(16(19,20)6-28-13(22)26-15)11-8(18)2-3-10(24-11)25-14(27)29-12-9(21)4-7(17)5-23-12/h2-5H,6,21H2,1H3,(H2,22,26)(H,24,25,27)/t15-/m1/s1. The molecule has 1 amide bonds. The molecule has 3 heterocycles. The van der Waals surface area contributed by atoms with Crippen LogP contribution >= 0.6 is 0 Å². The van der Waals surface area contributed by atoms with Gasteiger partial charge in [-0.3, -0.25) is 5.32 Å². The summed E-state index contributed by atoms with van der Waals surface area (Å²) >= 11 is 0. The average Bonchev–Trinajstić information content (AvgIpc) is 2.63. The van der Waals surface area contributed by atoms with Gasteiger partial charge in [0.05, 0.1) is 11.9 Å². The summed E-state index contributed by atoms with van der Waals surface area (Å²) in [6.45, 7) is -0.200. The fourth-order valence-electron chi connectivity index (χ4n) is 2.46. The normalized spacial score (nSPS) is 20.4. The zero-order valence-electron chi connectivity index (χ0n) is 14.7. The second kappa shape index (κ2) is 7.07. The van der Waals surface area contributed by atoms with Crippen LogP contribution in [0.5, 0.6) is 5.88 Å². The Labute approximate surface area is 160 Å². The number of hydrogen-bond acceptors (Lipinski definition) is 8. The van der Waals surface area contributed by atoms with Gasteiger partial charge in [0.1, 0.15) is 23.1 Å². The Kier molecular flexibility index (Phi) is 4.90. The summed E-state index contributed by atoms with van der Waals surface area (Å²) in [5.41, 5.74) is 7.32. The van der Waals surface area contributed by atoms with Gasteiger partial charge in [0.2, 0.25) is 5.88 Å². The third-order valence-corrected chi connectivity index (χ3v) is 4.02. The Morgan fingerprint density at radius 1 is 1.31 bits per heavy atom. The molecule has 0 aliphatic carbocycles. The van der Waals surface area contributed by atoms with Crippen molar-refractivity contribution in [2.75, 3.05) is 17.7 Å². The molecule has 9 nitrogen and oxygen atoms in total. The minimum Gasteiger partial charge on any atom is -0.459 e. The molecule has 0 radical (unpaired) electrons. The molecule has 1 aliphatic heterocycles. The van der Waals surface area contributed by atoms with E-state index in [1.165, 1.54) is 0 Å². The number of anilines is 2.